The smallest absolute Gasteiger partial charge is 0.234 e. The van der Waals surface area contributed by atoms with Gasteiger partial charge in [0, 0.05) is 12.7 Å². The molecule has 0 unspecified atom stereocenters. The fraction of sp³-hybridized carbons (Fsp3) is 0.471. The molecule has 24 heavy (non-hydrogen) atoms. The Morgan fingerprint density at radius 1 is 1.17 bits per heavy atom. The lowest BCUT2D eigenvalue weighted by Gasteiger charge is -2.20. The normalized spacial score (nSPS) is 11.1. The molecule has 0 bridgehead atoms. The van der Waals surface area contributed by atoms with Gasteiger partial charge < -0.3 is 10.6 Å². The van der Waals surface area contributed by atoms with Gasteiger partial charge in [-0.2, -0.15) is 0 Å². The van der Waals surface area contributed by atoms with Crippen molar-refractivity contribution < 1.29 is 4.79 Å². The van der Waals surface area contributed by atoms with Crippen LogP contribution in [-0.2, 0) is 4.79 Å². The van der Waals surface area contributed by atoms with Gasteiger partial charge in [0.05, 0.1) is 5.75 Å². The maximum atomic E-state index is 12.4. The Bertz CT molecular complexity index is 671. The van der Waals surface area contributed by atoms with Crippen LogP contribution in [0.1, 0.15) is 50.7 Å². The standard InChI is InChI=1S/C17H24N4OS2/c1-10(2)12-7-6-8-13(11(3)4)15(12)19-14(22)9-23-17-21-20-16(18-5)24-17/h6-8,10-11H,9H2,1-5H3,(H,18,20)(H,19,22). The quantitative estimate of drug-likeness (QED) is 0.705. The summed E-state index contributed by atoms with van der Waals surface area (Å²) in [7, 11) is 1.80. The van der Waals surface area contributed by atoms with Crippen molar-refractivity contribution in [1.29, 1.82) is 0 Å². The number of para-hydroxylation sites is 1. The first-order valence-corrected chi connectivity index (χ1v) is 9.79. The number of amides is 1. The minimum atomic E-state index is -0.0174. The molecule has 1 heterocycles. The van der Waals surface area contributed by atoms with Gasteiger partial charge in [0.25, 0.3) is 0 Å². The van der Waals surface area contributed by atoms with Crippen molar-refractivity contribution in [2.24, 2.45) is 0 Å². The van der Waals surface area contributed by atoms with Gasteiger partial charge in [-0.15, -0.1) is 10.2 Å². The van der Waals surface area contributed by atoms with E-state index in [2.05, 4.69) is 66.7 Å². The summed E-state index contributed by atoms with van der Waals surface area (Å²) >= 11 is 2.85. The molecule has 2 aromatic rings. The maximum absolute atomic E-state index is 12.4. The Balaban J connectivity index is 2.10. The minimum absolute atomic E-state index is 0.0174. The highest BCUT2D eigenvalue weighted by Crippen LogP contribution is 2.33. The van der Waals surface area contributed by atoms with Gasteiger partial charge in [-0.3, -0.25) is 4.79 Å². The molecule has 0 spiro atoms. The van der Waals surface area contributed by atoms with E-state index in [0.717, 1.165) is 15.2 Å². The highest BCUT2D eigenvalue weighted by atomic mass is 32.2. The van der Waals surface area contributed by atoms with Gasteiger partial charge in [-0.05, 0) is 23.0 Å². The predicted octanol–water partition coefficient (Wildman–Crippen LogP) is 4.56. The van der Waals surface area contributed by atoms with Crippen molar-refractivity contribution in [1.82, 2.24) is 10.2 Å². The van der Waals surface area contributed by atoms with Crippen LogP contribution in [0.3, 0.4) is 0 Å². The van der Waals surface area contributed by atoms with Crippen LogP contribution in [0.4, 0.5) is 10.8 Å². The molecule has 0 aliphatic rings. The first kappa shape index (κ1) is 18.7. The summed E-state index contributed by atoms with van der Waals surface area (Å²) in [6, 6.07) is 6.24. The van der Waals surface area contributed by atoms with Gasteiger partial charge in [0.2, 0.25) is 11.0 Å². The van der Waals surface area contributed by atoms with Crippen molar-refractivity contribution in [3.8, 4) is 0 Å². The van der Waals surface area contributed by atoms with Crippen molar-refractivity contribution >= 4 is 39.8 Å². The first-order chi connectivity index (χ1) is 11.4. The van der Waals surface area contributed by atoms with Crippen LogP contribution in [0.2, 0.25) is 0 Å². The third-order valence-electron chi connectivity index (χ3n) is 3.58. The molecule has 0 saturated heterocycles. The van der Waals surface area contributed by atoms with E-state index in [1.165, 1.54) is 34.2 Å². The summed E-state index contributed by atoms with van der Waals surface area (Å²) in [5.41, 5.74) is 3.31. The highest BCUT2D eigenvalue weighted by molar-refractivity contribution is 8.01. The fourth-order valence-electron chi connectivity index (χ4n) is 2.37. The number of thioether (sulfide) groups is 1. The van der Waals surface area contributed by atoms with E-state index in [0.29, 0.717) is 17.6 Å². The van der Waals surface area contributed by atoms with Gasteiger partial charge in [-0.1, -0.05) is 69.0 Å². The maximum Gasteiger partial charge on any atom is 0.234 e. The Morgan fingerprint density at radius 3 is 2.29 bits per heavy atom. The first-order valence-electron chi connectivity index (χ1n) is 7.99. The van der Waals surface area contributed by atoms with Gasteiger partial charge in [0.1, 0.15) is 0 Å². The Morgan fingerprint density at radius 2 is 1.79 bits per heavy atom. The molecule has 0 radical (unpaired) electrons. The number of benzene rings is 1. The number of anilines is 2. The number of hydrogen-bond acceptors (Lipinski definition) is 6. The Hall–Kier alpha value is -1.60. The molecule has 0 atom stereocenters. The summed E-state index contributed by atoms with van der Waals surface area (Å²) in [5, 5.41) is 14.8. The molecule has 1 aromatic heterocycles. The zero-order valence-corrected chi connectivity index (χ0v) is 16.3. The molecule has 130 valence electrons. The van der Waals surface area contributed by atoms with Crippen molar-refractivity contribution in [2.75, 3.05) is 23.4 Å². The molecule has 1 amide bonds. The number of nitrogens with one attached hydrogen (secondary N) is 2. The second-order valence-electron chi connectivity index (χ2n) is 6.08. The van der Waals surface area contributed by atoms with Crippen molar-refractivity contribution in [3.63, 3.8) is 0 Å². The summed E-state index contributed by atoms with van der Waals surface area (Å²) < 4.78 is 0.788. The second-order valence-corrected chi connectivity index (χ2v) is 8.28. The topological polar surface area (TPSA) is 66.9 Å². The molecule has 5 nitrogen and oxygen atoms in total. The molecule has 2 rings (SSSR count). The number of rotatable bonds is 7. The molecular weight excluding hydrogens is 340 g/mol. The molecule has 0 fully saturated rings. The highest BCUT2D eigenvalue weighted by Gasteiger charge is 2.16. The summed E-state index contributed by atoms with van der Waals surface area (Å²) in [5.74, 6) is 1.01. The fourth-order valence-corrected chi connectivity index (χ4v) is 3.87. The number of carbonyl (C=O) groups is 1. The van der Waals surface area contributed by atoms with E-state index in [9.17, 15) is 4.79 Å². The van der Waals surface area contributed by atoms with Gasteiger partial charge in [-0.25, -0.2) is 0 Å². The molecule has 0 aliphatic carbocycles. The SMILES string of the molecule is CNc1nnc(SCC(=O)Nc2c(C(C)C)cccc2C(C)C)s1. The summed E-state index contributed by atoms with van der Waals surface area (Å²) in [6.45, 7) is 8.57. The van der Waals surface area contributed by atoms with Crippen LogP contribution < -0.4 is 10.6 Å². The third-order valence-corrected chi connectivity index (χ3v) is 5.66. The predicted molar refractivity (Wildman–Crippen MR) is 103 cm³/mol. The van der Waals surface area contributed by atoms with Crippen molar-refractivity contribution in [3.05, 3.63) is 29.3 Å². The number of nitrogens with zero attached hydrogens (tertiary/aromatic N) is 2. The monoisotopic (exact) mass is 364 g/mol. The average Bonchev–Trinajstić information content (AvgIpc) is 3.00. The van der Waals surface area contributed by atoms with Gasteiger partial charge in [0.15, 0.2) is 4.34 Å². The van der Waals surface area contributed by atoms with Crippen LogP contribution in [0, 0.1) is 0 Å². The van der Waals surface area contributed by atoms with E-state index in [-0.39, 0.29) is 5.91 Å². The molecule has 0 saturated carbocycles. The number of carbonyl (C=O) groups excluding carboxylic acids is 1. The molecular formula is C17H24N4OS2. The minimum Gasteiger partial charge on any atom is -0.363 e. The molecule has 7 heteroatoms. The van der Waals surface area contributed by atoms with E-state index < -0.39 is 0 Å². The zero-order valence-electron chi connectivity index (χ0n) is 14.7. The Labute approximate surface area is 151 Å². The van der Waals surface area contributed by atoms with E-state index in [4.69, 9.17) is 0 Å². The van der Waals surface area contributed by atoms with Crippen LogP contribution in [0.5, 0.6) is 0 Å². The van der Waals surface area contributed by atoms with Crippen LogP contribution in [0.15, 0.2) is 22.5 Å². The van der Waals surface area contributed by atoms with Gasteiger partial charge >= 0.3 is 0 Å². The molecule has 1 aromatic carbocycles. The number of aromatic nitrogens is 2. The largest absolute Gasteiger partial charge is 0.363 e. The Kier molecular flexibility index (Phi) is 6.62. The second kappa shape index (κ2) is 8.48. The zero-order chi connectivity index (χ0) is 17.7. The number of hydrogen-bond donors (Lipinski definition) is 2. The van der Waals surface area contributed by atoms with Crippen LogP contribution in [-0.4, -0.2) is 28.9 Å². The van der Waals surface area contributed by atoms with E-state index in [1.54, 1.807) is 7.05 Å². The van der Waals surface area contributed by atoms with Crippen LogP contribution >= 0.6 is 23.1 Å². The lowest BCUT2D eigenvalue weighted by Crippen LogP contribution is -2.17. The van der Waals surface area contributed by atoms with E-state index >= 15 is 0 Å². The third kappa shape index (κ3) is 4.70. The lowest BCUT2D eigenvalue weighted by atomic mass is 9.92. The van der Waals surface area contributed by atoms with Crippen molar-refractivity contribution in [2.45, 2.75) is 43.9 Å². The average molecular weight is 365 g/mol. The molecule has 0 aliphatic heterocycles. The molecule has 2 N–H and O–H groups in total. The van der Waals surface area contributed by atoms with E-state index in [1.807, 2.05) is 0 Å². The summed E-state index contributed by atoms with van der Waals surface area (Å²) in [6.07, 6.45) is 0. The van der Waals surface area contributed by atoms with Crippen LogP contribution in [0.25, 0.3) is 0 Å². The summed E-state index contributed by atoms with van der Waals surface area (Å²) in [4.78, 5) is 12.4. The lowest BCUT2D eigenvalue weighted by molar-refractivity contribution is -0.113.